The standard InChI is InChI=1S/C15H25F3N2O3/c16-15(17,18)11-23-8-2-7-19-13(21)20-12-3-1-4-14(12)5-9-22-10-6-14/h12H,1-11H2,(H2,19,20,21)/t12-/m1/s1. The van der Waals surface area contributed by atoms with Gasteiger partial charge in [0.1, 0.15) is 6.61 Å². The Morgan fingerprint density at radius 1 is 1.26 bits per heavy atom. The van der Waals surface area contributed by atoms with Gasteiger partial charge in [0.2, 0.25) is 0 Å². The van der Waals surface area contributed by atoms with Crippen molar-refractivity contribution in [3.05, 3.63) is 0 Å². The summed E-state index contributed by atoms with van der Waals surface area (Å²) in [6.07, 6.45) is 1.20. The molecule has 2 N–H and O–H groups in total. The van der Waals surface area contributed by atoms with E-state index in [1.54, 1.807) is 0 Å². The van der Waals surface area contributed by atoms with Crippen LogP contribution in [0.2, 0.25) is 0 Å². The van der Waals surface area contributed by atoms with Crippen LogP contribution in [0, 0.1) is 5.41 Å². The molecule has 1 aliphatic heterocycles. The molecule has 8 heteroatoms. The third kappa shape index (κ3) is 5.84. The predicted octanol–water partition coefficient (Wildman–Crippen LogP) is 2.60. The first kappa shape index (κ1) is 18.3. The van der Waals surface area contributed by atoms with Crippen molar-refractivity contribution < 1.29 is 27.4 Å². The average Bonchev–Trinajstić information content (AvgIpc) is 2.84. The van der Waals surface area contributed by atoms with Gasteiger partial charge in [0, 0.05) is 32.4 Å². The Morgan fingerprint density at radius 2 is 2.00 bits per heavy atom. The summed E-state index contributed by atoms with van der Waals surface area (Å²) in [4.78, 5) is 11.9. The topological polar surface area (TPSA) is 59.6 Å². The van der Waals surface area contributed by atoms with Crippen molar-refractivity contribution >= 4 is 6.03 Å². The molecule has 2 amide bonds. The van der Waals surface area contributed by atoms with Gasteiger partial charge >= 0.3 is 12.2 Å². The lowest BCUT2D eigenvalue weighted by molar-refractivity contribution is -0.173. The van der Waals surface area contributed by atoms with Gasteiger partial charge in [-0.2, -0.15) is 13.2 Å². The van der Waals surface area contributed by atoms with Crippen molar-refractivity contribution in [1.82, 2.24) is 10.6 Å². The number of carbonyl (C=O) groups is 1. The third-order valence-corrected chi connectivity index (χ3v) is 4.72. The Kier molecular flexibility index (Phi) is 6.52. The summed E-state index contributed by atoms with van der Waals surface area (Å²) >= 11 is 0. The fourth-order valence-corrected chi connectivity index (χ4v) is 3.51. The Bertz CT molecular complexity index is 385. The maximum absolute atomic E-state index is 11.9. The first-order valence-electron chi connectivity index (χ1n) is 8.18. The van der Waals surface area contributed by atoms with Crippen LogP contribution in [0.3, 0.4) is 0 Å². The minimum Gasteiger partial charge on any atom is -0.381 e. The molecule has 2 rings (SSSR count). The van der Waals surface area contributed by atoms with Gasteiger partial charge in [0.05, 0.1) is 0 Å². The number of hydrogen-bond acceptors (Lipinski definition) is 3. The SMILES string of the molecule is O=C(NCCCOCC(F)(F)F)N[C@@H]1CCCC12CCOCC2. The summed E-state index contributed by atoms with van der Waals surface area (Å²) < 4.78 is 45.5. The molecule has 0 unspecified atom stereocenters. The predicted molar refractivity (Wildman–Crippen MR) is 78.2 cm³/mol. The van der Waals surface area contributed by atoms with Crippen LogP contribution in [-0.4, -0.2) is 51.2 Å². The van der Waals surface area contributed by atoms with Crippen LogP contribution in [0.25, 0.3) is 0 Å². The monoisotopic (exact) mass is 338 g/mol. The average molecular weight is 338 g/mol. The normalized spacial score (nSPS) is 23.9. The third-order valence-electron chi connectivity index (χ3n) is 4.72. The highest BCUT2D eigenvalue weighted by Gasteiger charge is 2.44. The molecule has 0 aromatic rings. The Labute approximate surface area is 134 Å². The molecule has 1 atom stereocenters. The minimum absolute atomic E-state index is 0.0233. The fourth-order valence-electron chi connectivity index (χ4n) is 3.51. The Balaban J connectivity index is 1.61. The Hall–Kier alpha value is -1.02. The number of carbonyl (C=O) groups excluding carboxylic acids is 1. The molecule has 1 saturated carbocycles. The first-order valence-corrected chi connectivity index (χ1v) is 8.18. The van der Waals surface area contributed by atoms with Gasteiger partial charge in [-0.3, -0.25) is 0 Å². The number of hydrogen-bond donors (Lipinski definition) is 2. The van der Waals surface area contributed by atoms with Crippen molar-refractivity contribution in [2.45, 2.75) is 50.7 Å². The summed E-state index contributed by atoms with van der Waals surface area (Å²) in [5.41, 5.74) is 0.158. The number of ether oxygens (including phenoxy) is 2. The van der Waals surface area contributed by atoms with Crippen molar-refractivity contribution in [2.24, 2.45) is 5.41 Å². The van der Waals surface area contributed by atoms with E-state index in [1.165, 1.54) is 0 Å². The second-order valence-electron chi connectivity index (χ2n) is 6.34. The molecular formula is C15H25F3N2O3. The van der Waals surface area contributed by atoms with Gasteiger partial charge in [-0.25, -0.2) is 4.79 Å². The molecule has 2 aliphatic rings. The van der Waals surface area contributed by atoms with E-state index in [0.717, 1.165) is 45.3 Å². The summed E-state index contributed by atoms with van der Waals surface area (Å²) in [7, 11) is 0. The maximum atomic E-state index is 11.9. The second-order valence-corrected chi connectivity index (χ2v) is 6.34. The van der Waals surface area contributed by atoms with Crippen LogP contribution in [0.5, 0.6) is 0 Å². The van der Waals surface area contributed by atoms with Gasteiger partial charge in [0.25, 0.3) is 0 Å². The van der Waals surface area contributed by atoms with Crippen molar-refractivity contribution in [3.8, 4) is 0 Å². The van der Waals surface area contributed by atoms with E-state index in [-0.39, 0.29) is 24.1 Å². The second kappa shape index (κ2) is 8.19. The highest BCUT2D eigenvalue weighted by Crippen LogP contribution is 2.45. The quantitative estimate of drug-likeness (QED) is 0.732. The van der Waals surface area contributed by atoms with Crippen molar-refractivity contribution in [2.75, 3.05) is 33.0 Å². The number of halogens is 3. The van der Waals surface area contributed by atoms with Crippen LogP contribution in [0.15, 0.2) is 0 Å². The zero-order valence-electron chi connectivity index (χ0n) is 13.2. The molecular weight excluding hydrogens is 313 g/mol. The van der Waals surface area contributed by atoms with Crippen molar-refractivity contribution in [3.63, 3.8) is 0 Å². The number of alkyl halides is 3. The number of rotatable bonds is 6. The van der Waals surface area contributed by atoms with E-state index >= 15 is 0 Å². The van der Waals surface area contributed by atoms with E-state index in [0.29, 0.717) is 13.0 Å². The van der Waals surface area contributed by atoms with Crippen molar-refractivity contribution in [1.29, 1.82) is 0 Å². The largest absolute Gasteiger partial charge is 0.411 e. The number of urea groups is 1. The Morgan fingerprint density at radius 3 is 2.70 bits per heavy atom. The van der Waals surface area contributed by atoms with E-state index in [1.807, 2.05) is 0 Å². The molecule has 2 fully saturated rings. The summed E-state index contributed by atoms with van der Waals surface area (Å²) in [5.74, 6) is 0. The van der Waals surface area contributed by atoms with Crippen LogP contribution < -0.4 is 10.6 Å². The molecule has 0 radical (unpaired) electrons. The highest BCUT2D eigenvalue weighted by molar-refractivity contribution is 5.74. The molecule has 5 nitrogen and oxygen atoms in total. The molecule has 1 saturated heterocycles. The van der Waals surface area contributed by atoms with E-state index < -0.39 is 12.8 Å². The van der Waals surface area contributed by atoms with Gasteiger partial charge in [-0.1, -0.05) is 6.42 Å². The molecule has 0 aromatic heterocycles. The van der Waals surface area contributed by atoms with E-state index in [4.69, 9.17) is 4.74 Å². The summed E-state index contributed by atoms with van der Waals surface area (Å²) in [6.45, 7) is 0.523. The van der Waals surface area contributed by atoms with Crippen LogP contribution >= 0.6 is 0 Å². The highest BCUT2D eigenvalue weighted by atomic mass is 19.4. The zero-order chi connectivity index (χ0) is 16.8. The lowest BCUT2D eigenvalue weighted by atomic mass is 9.75. The zero-order valence-corrected chi connectivity index (χ0v) is 13.2. The molecule has 1 heterocycles. The van der Waals surface area contributed by atoms with Gasteiger partial charge in [-0.05, 0) is 37.5 Å². The lowest BCUT2D eigenvalue weighted by Gasteiger charge is -2.39. The van der Waals surface area contributed by atoms with Gasteiger partial charge < -0.3 is 20.1 Å². The number of amides is 2. The molecule has 134 valence electrons. The van der Waals surface area contributed by atoms with Crippen LogP contribution in [0.4, 0.5) is 18.0 Å². The van der Waals surface area contributed by atoms with Crippen LogP contribution in [-0.2, 0) is 9.47 Å². The van der Waals surface area contributed by atoms with Gasteiger partial charge in [-0.15, -0.1) is 0 Å². The molecule has 1 aliphatic carbocycles. The first-order chi connectivity index (χ1) is 10.9. The van der Waals surface area contributed by atoms with E-state index in [2.05, 4.69) is 15.4 Å². The molecule has 23 heavy (non-hydrogen) atoms. The maximum Gasteiger partial charge on any atom is 0.411 e. The molecule has 0 bridgehead atoms. The fraction of sp³-hybridized carbons (Fsp3) is 0.933. The van der Waals surface area contributed by atoms with Gasteiger partial charge in [0.15, 0.2) is 0 Å². The summed E-state index contributed by atoms with van der Waals surface area (Å²) in [6, 6.07) is -0.0912. The minimum atomic E-state index is -4.30. The van der Waals surface area contributed by atoms with Crippen LogP contribution in [0.1, 0.15) is 38.5 Å². The molecule has 0 aromatic carbocycles. The summed E-state index contributed by atoms with van der Waals surface area (Å²) in [5, 5.41) is 5.71. The molecule has 1 spiro atoms. The number of nitrogens with one attached hydrogen (secondary N) is 2. The van der Waals surface area contributed by atoms with E-state index in [9.17, 15) is 18.0 Å². The smallest absolute Gasteiger partial charge is 0.381 e. The lowest BCUT2D eigenvalue weighted by Crippen LogP contribution is -2.50.